The maximum absolute atomic E-state index is 14.2. The Hall–Kier alpha value is -1.99. The third kappa shape index (κ3) is 4.70. The summed E-state index contributed by atoms with van der Waals surface area (Å²) in [6, 6.07) is 4.01. The fraction of sp³-hybridized carbons (Fsp3) is 0.368. The van der Waals surface area contributed by atoms with Gasteiger partial charge < -0.3 is 10.6 Å². The van der Waals surface area contributed by atoms with Gasteiger partial charge in [0.15, 0.2) is 0 Å². The molecule has 28 heavy (non-hydrogen) atoms. The van der Waals surface area contributed by atoms with Crippen LogP contribution >= 0.6 is 23.2 Å². The van der Waals surface area contributed by atoms with Crippen molar-refractivity contribution in [1.82, 2.24) is 4.90 Å². The summed E-state index contributed by atoms with van der Waals surface area (Å²) < 4.78 is 40.4. The van der Waals surface area contributed by atoms with Crippen molar-refractivity contribution < 1.29 is 18.0 Å². The van der Waals surface area contributed by atoms with Crippen LogP contribution in [0.5, 0.6) is 0 Å². The first-order valence-electron chi connectivity index (χ1n) is 8.47. The molecule has 9 heteroatoms. The van der Waals surface area contributed by atoms with E-state index in [0.717, 1.165) is 7.05 Å². The monoisotopic (exact) mass is 433 g/mol. The van der Waals surface area contributed by atoms with Gasteiger partial charge in [-0.1, -0.05) is 35.8 Å². The molecule has 4 nitrogen and oxygen atoms in total. The quantitative estimate of drug-likeness (QED) is 0.492. The molecule has 1 aliphatic rings. The molecule has 2 rings (SSSR count). The number of aliphatic imine (C=N–C) groups is 1. The van der Waals surface area contributed by atoms with Crippen LogP contribution in [0.15, 0.2) is 41.0 Å². The number of benzene rings is 1. The number of allylic oxidation sites excluding steroid dienone is 1. The first-order valence-corrected chi connectivity index (χ1v) is 9.23. The van der Waals surface area contributed by atoms with Crippen LogP contribution < -0.4 is 5.73 Å². The van der Waals surface area contributed by atoms with E-state index in [-0.39, 0.29) is 6.04 Å². The van der Waals surface area contributed by atoms with Crippen molar-refractivity contribution >= 4 is 40.6 Å². The highest BCUT2D eigenvalue weighted by atomic mass is 35.5. The van der Waals surface area contributed by atoms with Gasteiger partial charge in [0.1, 0.15) is 5.57 Å². The van der Waals surface area contributed by atoms with Gasteiger partial charge in [0.05, 0.1) is 21.8 Å². The Labute approximate surface area is 171 Å². The van der Waals surface area contributed by atoms with E-state index in [1.54, 1.807) is 25.1 Å². The molecule has 0 saturated heterocycles. The smallest absolute Gasteiger partial charge is 0.278 e. The van der Waals surface area contributed by atoms with Crippen molar-refractivity contribution in [3.05, 3.63) is 51.7 Å². The summed E-state index contributed by atoms with van der Waals surface area (Å²) in [6.07, 6.45) is -1.87. The minimum absolute atomic E-state index is 0.229. The van der Waals surface area contributed by atoms with E-state index in [1.165, 1.54) is 4.90 Å². The fourth-order valence-electron chi connectivity index (χ4n) is 2.80. The lowest BCUT2D eigenvalue weighted by Crippen LogP contribution is -2.43. The molecule has 0 aromatic heterocycles. The number of rotatable bonds is 7. The van der Waals surface area contributed by atoms with E-state index in [2.05, 4.69) is 11.6 Å². The lowest BCUT2D eigenvalue weighted by molar-refractivity contribution is -0.128. The third-order valence-electron chi connectivity index (χ3n) is 4.53. The molecule has 1 aromatic carbocycles. The lowest BCUT2D eigenvalue weighted by Gasteiger charge is -2.32. The Kier molecular flexibility index (Phi) is 7.17. The van der Waals surface area contributed by atoms with Crippen molar-refractivity contribution in [2.45, 2.75) is 38.3 Å². The van der Waals surface area contributed by atoms with Crippen molar-refractivity contribution in [3.8, 4) is 0 Å². The van der Waals surface area contributed by atoms with E-state index in [0.29, 0.717) is 34.0 Å². The predicted molar refractivity (Wildman–Crippen MR) is 107 cm³/mol. The molecule has 2 N–H and O–H groups in total. The molecule has 152 valence electrons. The van der Waals surface area contributed by atoms with Crippen molar-refractivity contribution in [3.63, 3.8) is 0 Å². The fourth-order valence-corrected chi connectivity index (χ4v) is 3.09. The highest BCUT2D eigenvalue weighted by Gasteiger charge is 2.40. The Morgan fingerprint density at radius 1 is 1.32 bits per heavy atom. The topological polar surface area (TPSA) is 58.7 Å². The Bertz CT molecular complexity index is 851. The van der Waals surface area contributed by atoms with E-state index < -0.39 is 35.6 Å². The molecule has 1 fully saturated rings. The molecule has 1 saturated carbocycles. The highest BCUT2D eigenvalue weighted by molar-refractivity contribution is 6.42. The number of nitrogens with two attached hydrogens (primary N) is 1. The van der Waals surface area contributed by atoms with E-state index >= 15 is 0 Å². The average molecular weight is 434 g/mol. The van der Waals surface area contributed by atoms with Gasteiger partial charge in [-0.15, -0.1) is 0 Å². The molecule has 0 bridgehead atoms. The van der Waals surface area contributed by atoms with Crippen molar-refractivity contribution in [2.75, 3.05) is 7.05 Å². The molecule has 1 atom stereocenters. The van der Waals surface area contributed by atoms with Gasteiger partial charge in [0.2, 0.25) is 5.97 Å². The van der Waals surface area contributed by atoms with Gasteiger partial charge in [-0.05, 0) is 43.0 Å². The Balaban J connectivity index is 2.43. The molecule has 1 unspecified atom stereocenters. The molecule has 1 aromatic rings. The summed E-state index contributed by atoms with van der Waals surface area (Å²) in [6.45, 7) is 5.68. The normalized spacial score (nSPS) is 16.6. The van der Waals surface area contributed by atoms with Crippen LogP contribution in [0.2, 0.25) is 10.0 Å². The Morgan fingerprint density at radius 3 is 2.39 bits per heavy atom. The van der Waals surface area contributed by atoms with Crippen LogP contribution in [0.4, 0.5) is 13.2 Å². The standard InChI is InChI=1S/C19H20Cl2F3N3O/c1-9(11-4-7-13(20)14(21)8-11)10(2)27(12-5-6-12)19(28)15(18(24)26-3)16(25)17(22)23/h4,7-8,10,12,17H,1,5-6,25H2,2-3H3. The zero-order valence-electron chi connectivity index (χ0n) is 15.4. The lowest BCUT2D eigenvalue weighted by atomic mass is 9.99. The molecular formula is C19H20Cl2F3N3O. The van der Waals surface area contributed by atoms with Crippen molar-refractivity contribution in [1.29, 1.82) is 0 Å². The van der Waals surface area contributed by atoms with Crippen LogP contribution in [-0.4, -0.2) is 42.3 Å². The van der Waals surface area contributed by atoms with E-state index in [4.69, 9.17) is 28.9 Å². The van der Waals surface area contributed by atoms with Gasteiger partial charge in [-0.3, -0.25) is 9.79 Å². The number of alkyl halides is 2. The number of amides is 1. The SMILES string of the molecule is C=C(c1ccc(Cl)c(Cl)c1)C(C)N(C(=O)C(C(F)=NC)=C(N)C(F)F)C1CC1. The molecule has 0 spiro atoms. The summed E-state index contributed by atoms with van der Waals surface area (Å²) in [7, 11) is 1.06. The summed E-state index contributed by atoms with van der Waals surface area (Å²) in [5, 5.41) is 0.667. The van der Waals surface area contributed by atoms with Crippen LogP contribution in [0.3, 0.4) is 0 Å². The first-order chi connectivity index (χ1) is 13.1. The van der Waals surface area contributed by atoms with Gasteiger partial charge in [0, 0.05) is 13.1 Å². The van der Waals surface area contributed by atoms with Crippen LogP contribution in [0.1, 0.15) is 25.3 Å². The first kappa shape index (κ1) is 22.3. The third-order valence-corrected chi connectivity index (χ3v) is 5.27. The van der Waals surface area contributed by atoms with Crippen LogP contribution in [0, 0.1) is 0 Å². The number of carbonyl (C=O) groups excluding carboxylic acids is 1. The van der Waals surface area contributed by atoms with Gasteiger partial charge >= 0.3 is 0 Å². The minimum atomic E-state index is -3.19. The number of nitrogens with zero attached hydrogens (tertiary/aromatic N) is 2. The second-order valence-electron chi connectivity index (χ2n) is 6.42. The van der Waals surface area contributed by atoms with Crippen molar-refractivity contribution in [2.24, 2.45) is 10.7 Å². The van der Waals surface area contributed by atoms with Crippen LogP contribution in [0.25, 0.3) is 5.57 Å². The number of carbonyl (C=O) groups is 1. The molecule has 1 amide bonds. The highest BCUT2D eigenvalue weighted by Crippen LogP contribution is 2.35. The molecule has 1 aliphatic carbocycles. The Morgan fingerprint density at radius 2 is 1.93 bits per heavy atom. The molecule has 0 heterocycles. The maximum atomic E-state index is 14.2. The van der Waals surface area contributed by atoms with Gasteiger partial charge in [0.25, 0.3) is 12.3 Å². The van der Waals surface area contributed by atoms with Gasteiger partial charge in [-0.25, -0.2) is 8.78 Å². The second kappa shape index (κ2) is 9.01. The summed E-state index contributed by atoms with van der Waals surface area (Å²) in [4.78, 5) is 17.6. The maximum Gasteiger partial charge on any atom is 0.278 e. The zero-order valence-corrected chi connectivity index (χ0v) is 16.9. The molecular weight excluding hydrogens is 414 g/mol. The van der Waals surface area contributed by atoms with Crippen LogP contribution in [-0.2, 0) is 4.79 Å². The molecule has 0 radical (unpaired) electrons. The average Bonchev–Trinajstić information content (AvgIpc) is 3.48. The molecule has 0 aliphatic heterocycles. The number of hydrogen-bond acceptors (Lipinski definition) is 3. The second-order valence-corrected chi connectivity index (χ2v) is 7.23. The van der Waals surface area contributed by atoms with Gasteiger partial charge in [-0.2, -0.15) is 4.39 Å². The minimum Gasteiger partial charge on any atom is -0.397 e. The van der Waals surface area contributed by atoms with E-state index in [9.17, 15) is 18.0 Å². The number of hydrogen-bond donors (Lipinski definition) is 1. The zero-order chi connectivity index (χ0) is 21.2. The predicted octanol–water partition coefficient (Wildman–Crippen LogP) is 4.86. The number of halogens is 5. The largest absolute Gasteiger partial charge is 0.397 e. The van der Waals surface area contributed by atoms with E-state index in [1.807, 2.05) is 0 Å². The summed E-state index contributed by atoms with van der Waals surface area (Å²) in [5.41, 5.74) is 4.39. The summed E-state index contributed by atoms with van der Waals surface area (Å²) >= 11 is 12.0. The summed E-state index contributed by atoms with van der Waals surface area (Å²) in [5.74, 6) is -2.28.